The summed E-state index contributed by atoms with van der Waals surface area (Å²) in [5.74, 6) is 1.11. The van der Waals surface area contributed by atoms with Gasteiger partial charge in [-0.05, 0) is 66.5 Å². The van der Waals surface area contributed by atoms with Crippen molar-refractivity contribution < 1.29 is 9.53 Å². The second-order valence-corrected chi connectivity index (χ2v) is 12.2. The number of thiophene rings is 1. The maximum atomic E-state index is 13.6. The van der Waals surface area contributed by atoms with Crippen molar-refractivity contribution in [3.63, 3.8) is 0 Å². The number of nitriles is 1. The van der Waals surface area contributed by atoms with Gasteiger partial charge in [0.25, 0.3) is 5.91 Å². The van der Waals surface area contributed by atoms with Gasteiger partial charge in [-0.15, -0.1) is 11.3 Å². The van der Waals surface area contributed by atoms with E-state index in [1.54, 1.807) is 23.6 Å². The monoisotopic (exact) mass is 547 g/mol. The van der Waals surface area contributed by atoms with Gasteiger partial charge in [0.05, 0.1) is 17.2 Å². The summed E-state index contributed by atoms with van der Waals surface area (Å²) in [7, 11) is 0. The topological polar surface area (TPSA) is 74.5 Å². The molecule has 0 radical (unpaired) electrons. The minimum atomic E-state index is -0.122. The minimum absolute atomic E-state index is 0.122. The first-order chi connectivity index (χ1) is 19.3. The summed E-state index contributed by atoms with van der Waals surface area (Å²) in [5.41, 5.74) is 5.01. The number of benzene rings is 3. The van der Waals surface area contributed by atoms with E-state index in [0.717, 1.165) is 46.6 Å². The van der Waals surface area contributed by atoms with Crippen LogP contribution in [0.15, 0.2) is 83.9 Å². The number of ether oxygens (including phenoxy) is 1. The van der Waals surface area contributed by atoms with Crippen LogP contribution in [0.4, 0.5) is 10.7 Å². The average molecular weight is 548 g/mol. The summed E-state index contributed by atoms with van der Waals surface area (Å²) in [5, 5.41) is 13.2. The normalized spacial score (nSPS) is 14.9. The van der Waals surface area contributed by atoms with Crippen molar-refractivity contribution in [2.24, 2.45) is 16.3 Å². The number of carbonyl (C=O) groups is 1. The fourth-order valence-electron chi connectivity index (χ4n) is 5.11. The first-order valence-corrected chi connectivity index (χ1v) is 14.4. The predicted molar refractivity (Wildman–Crippen MR) is 163 cm³/mol. The van der Waals surface area contributed by atoms with Gasteiger partial charge in [-0.1, -0.05) is 69.3 Å². The van der Waals surface area contributed by atoms with Gasteiger partial charge in [-0.25, -0.2) is 4.99 Å². The van der Waals surface area contributed by atoms with Crippen molar-refractivity contribution in [3.05, 3.63) is 112 Å². The molecular weight excluding hydrogens is 514 g/mol. The molecule has 0 spiro atoms. The number of anilines is 1. The van der Waals surface area contributed by atoms with E-state index < -0.39 is 0 Å². The van der Waals surface area contributed by atoms with E-state index in [1.165, 1.54) is 4.88 Å². The molecular formula is C34H33N3O2S. The summed E-state index contributed by atoms with van der Waals surface area (Å²) in [6.45, 7) is 7.17. The number of aliphatic imine (C=N–C) groups is 1. The van der Waals surface area contributed by atoms with Crippen LogP contribution < -0.4 is 10.1 Å². The van der Waals surface area contributed by atoms with E-state index in [0.29, 0.717) is 22.8 Å². The molecule has 5 nitrogen and oxygen atoms in total. The lowest BCUT2D eigenvalue weighted by Crippen LogP contribution is -2.27. The largest absolute Gasteiger partial charge is 0.488 e. The molecule has 4 aromatic rings. The SMILES string of the molecule is CC(C)(C)[C@@H]1CCc2c(sc(N=Cc3ccccc3OCc3ccccc3C#N)c2C(=O)Nc2ccccc2)C1. The number of para-hydroxylation sites is 2. The fraction of sp³-hybridized carbons (Fsp3) is 0.265. The van der Waals surface area contributed by atoms with E-state index in [1.807, 2.05) is 72.8 Å². The molecule has 0 bridgehead atoms. The van der Waals surface area contributed by atoms with Crippen molar-refractivity contribution in [2.75, 3.05) is 5.32 Å². The Morgan fingerprint density at radius 2 is 1.80 bits per heavy atom. The lowest BCUT2D eigenvalue weighted by molar-refractivity contribution is 0.102. The zero-order valence-electron chi connectivity index (χ0n) is 23.1. The van der Waals surface area contributed by atoms with Crippen LogP contribution in [0.2, 0.25) is 0 Å². The van der Waals surface area contributed by atoms with Gasteiger partial charge >= 0.3 is 0 Å². The Morgan fingerprint density at radius 3 is 2.58 bits per heavy atom. The Labute approximate surface area is 240 Å². The van der Waals surface area contributed by atoms with E-state index in [4.69, 9.17) is 9.73 Å². The van der Waals surface area contributed by atoms with Crippen molar-refractivity contribution in [3.8, 4) is 11.8 Å². The van der Waals surface area contributed by atoms with E-state index in [2.05, 4.69) is 32.2 Å². The molecule has 202 valence electrons. The molecule has 0 unspecified atom stereocenters. The molecule has 0 saturated heterocycles. The van der Waals surface area contributed by atoms with Crippen LogP contribution in [0.1, 0.15) is 64.7 Å². The van der Waals surface area contributed by atoms with Gasteiger partial charge in [-0.2, -0.15) is 5.26 Å². The Bertz CT molecular complexity index is 1570. The highest BCUT2D eigenvalue weighted by Crippen LogP contribution is 2.45. The highest BCUT2D eigenvalue weighted by molar-refractivity contribution is 7.16. The summed E-state index contributed by atoms with van der Waals surface area (Å²) in [4.78, 5) is 19.8. The minimum Gasteiger partial charge on any atom is -0.488 e. The summed E-state index contributed by atoms with van der Waals surface area (Å²) >= 11 is 1.63. The third-order valence-electron chi connectivity index (χ3n) is 7.49. The zero-order valence-corrected chi connectivity index (χ0v) is 23.9. The molecule has 1 N–H and O–H groups in total. The summed E-state index contributed by atoms with van der Waals surface area (Å²) < 4.78 is 6.13. The van der Waals surface area contributed by atoms with Crippen molar-refractivity contribution in [1.29, 1.82) is 5.26 Å². The van der Waals surface area contributed by atoms with Gasteiger partial charge in [0.15, 0.2) is 0 Å². The molecule has 6 heteroatoms. The fourth-order valence-corrected chi connectivity index (χ4v) is 6.38. The second-order valence-electron chi connectivity index (χ2n) is 11.2. The Morgan fingerprint density at radius 1 is 1.07 bits per heavy atom. The van der Waals surface area contributed by atoms with Crippen LogP contribution in [0.5, 0.6) is 5.75 Å². The van der Waals surface area contributed by atoms with Gasteiger partial charge in [0, 0.05) is 27.9 Å². The number of amides is 1. The number of nitrogens with one attached hydrogen (secondary N) is 1. The Hall–Kier alpha value is -4.21. The van der Waals surface area contributed by atoms with E-state index >= 15 is 0 Å². The molecule has 3 aromatic carbocycles. The summed E-state index contributed by atoms with van der Waals surface area (Å²) in [6.07, 6.45) is 4.67. The van der Waals surface area contributed by atoms with Crippen LogP contribution in [-0.4, -0.2) is 12.1 Å². The second kappa shape index (κ2) is 11.9. The Kier molecular flexibility index (Phi) is 8.14. The maximum absolute atomic E-state index is 13.6. The number of carbonyl (C=O) groups excluding carboxylic acids is 1. The Balaban J connectivity index is 1.45. The lowest BCUT2D eigenvalue weighted by atomic mass is 9.72. The lowest BCUT2D eigenvalue weighted by Gasteiger charge is -2.33. The third-order valence-corrected chi connectivity index (χ3v) is 8.65. The number of hydrogen-bond donors (Lipinski definition) is 1. The molecule has 5 rings (SSSR count). The molecule has 40 heavy (non-hydrogen) atoms. The molecule has 1 amide bonds. The number of nitrogens with zero attached hydrogens (tertiary/aromatic N) is 2. The van der Waals surface area contributed by atoms with Crippen LogP contribution in [0.3, 0.4) is 0 Å². The van der Waals surface area contributed by atoms with Crippen molar-refractivity contribution in [1.82, 2.24) is 0 Å². The zero-order chi connectivity index (χ0) is 28.1. The third kappa shape index (κ3) is 6.16. The van der Waals surface area contributed by atoms with Crippen LogP contribution in [-0.2, 0) is 19.4 Å². The van der Waals surface area contributed by atoms with E-state index in [9.17, 15) is 10.1 Å². The highest BCUT2D eigenvalue weighted by atomic mass is 32.1. The van der Waals surface area contributed by atoms with Gasteiger partial charge in [0.2, 0.25) is 0 Å². The quantitative estimate of drug-likeness (QED) is 0.236. The van der Waals surface area contributed by atoms with Gasteiger partial charge in [-0.3, -0.25) is 4.79 Å². The standard InChI is InChI=1S/C34H33N3O2S/c1-34(2,3)26-17-18-28-30(19-26)40-33(31(28)32(38)37-27-14-5-4-6-15-27)36-21-24-12-9-10-16-29(24)39-22-25-13-8-7-11-23(25)20-35/h4-16,21,26H,17-19,22H2,1-3H3,(H,37,38)/t26-/m1/s1. The van der Waals surface area contributed by atoms with Crippen LogP contribution in [0.25, 0.3) is 0 Å². The van der Waals surface area contributed by atoms with Gasteiger partial charge < -0.3 is 10.1 Å². The molecule has 1 aliphatic rings. The summed E-state index contributed by atoms with van der Waals surface area (Å²) in [6, 6.07) is 26.9. The maximum Gasteiger partial charge on any atom is 0.259 e. The highest BCUT2D eigenvalue weighted by Gasteiger charge is 2.33. The first kappa shape index (κ1) is 27.4. The van der Waals surface area contributed by atoms with Crippen LogP contribution >= 0.6 is 11.3 Å². The average Bonchev–Trinajstić information content (AvgIpc) is 3.33. The van der Waals surface area contributed by atoms with Crippen molar-refractivity contribution >= 4 is 34.1 Å². The molecule has 1 heterocycles. The molecule has 0 saturated carbocycles. The molecule has 1 aromatic heterocycles. The molecule has 0 aliphatic heterocycles. The number of fused-ring (bicyclic) bond motifs is 1. The van der Waals surface area contributed by atoms with E-state index in [-0.39, 0.29) is 17.9 Å². The smallest absolute Gasteiger partial charge is 0.259 e. The molecule has 0 fully saturated rings. The predicted octanol–water partition coefficient (Wildman–Crippen LogP) is 8.35. The first-order valence-electron chi connectivity index (χ1n) is 13.6. The van der Waals surface area contributed by atoms with Crippen molar-refractivity contribution in [2.45, 2.75) is 46.6 Å². The molecule has 1 aliphatic carbocycles. The van der Waals surface area contributed by atoms with Crippen LogP contribution in [0, 0.1) is 22.7 Å². The van der Waals surface area contributed by atoms with Gasteiger partial charge in [0.1, 0.15) is 17.4 Å². The number of rotatable bonds is 7. The number of hydrogen-bond acceptors (Lipinski definition) is 5. The molecule has 1 atom stereocenters.